The minimum Gasteiger partial charge on any atom is -0.493 e. The van der Waals surface area contributed by atoms with Gasteiger partial charge in [-0.15, -0.1) is 0 Å². The van der Waals surface area contributed by atoms with Crippen molar-refractivity contribution in [3.05, 3.63) is 65.7 Å². The maximum atomic E-state index is 13.2. The van der Waals surface area contributed by atoms with Crippen LogP contribution in [0.2, 0.25) is 0 Å². The average Bonchev–Trinajstić information content (AvgIpc) is 2.76. The van der Waals surface area contributed by atoms with E-state index in [1.807, 2.05) is 6.92 Å². The van der Waals surface area contributed by atoms with E-state index in [0.29, 0.717) is 12.0 Å². The predicted molar refractivity (Wildman–Crippen MR) is 119 cm³/mol. The second-order valence-electron chi connectivity index (χ2n) is 8.12. The monoisotopic (exact) mass is 418 g/mol. The zero-order chi connectivity index (χ0) is 26.7. The van der Waals surface area contributed by atoms with E-state index in [1.165, 1.54) is 50.2 Å². The van der Waals surface area contributed by atoms with Gasteiger partial charge < -0.3 is 20.3 Å². The molecule has 0 saturated heterocycles. The standard InChI is InChI=1S/C25H35NO4/c1-6-10-18(2)17-30-21-15-13-19(14-16-21)22(24(3,4)28)26-23(27)25(5,29)20-11-8-7-9-12-20/h7-9,11-16,18,22,28-29H,6,10,17H2,1-5H3,(H,26,27)/t18-,22+,25+/m0/s1/i5D3,17D2. The van der Waals surface area contributed by atoms with Gasteiger partial charge >= 0.3 is 0 Å². The Morgan fingerprint density at radius 3 is 2.33 bits per heavy atom. The van der Waals surface area contributed by atoms with Crippen molar-refractivity contribution in [2.24, 2.45) is 5.92 Å². The molecule has 164 valence electrons. The zero-order valence-electron chi connectivity index (χ0n) is 23.0. The Hall–Kier alpha value is -2.37. The number of hydrogen-bond donors (Lipinski definition) is 3. The summed E-state index contributed by atoms with van der Waals surface area (Å²) in [5, 5.41) is 24.4. The Labute approximate surface area is 187 Å². The van der Waals surface area contributed by atoms with Crippen molar-refractivity contribution >= 4 is 5.91 Å². The highest BCUT2D eigenvalue weighted by atomic mass is 16.5. The summed E-state index contributed by atoms with van der Waals surface area (Å²) in [5.74, 6) is -1.24. The number of benzene rings is 2. The summed E-state index contributed by atoms with van der Waals surface area (Å²) in [5.41, 5.74) is -4.05. The predicted octanol–water partition coefficient (Wildman–Crippen LogP) is 4.34. The fourth-order valence-electron chi connectivity index (χ4n) is 3.10. The van der Waals surface area contributed by atoms with Gasteiger partial charge in [0.05, 0.1) is 20.9 Å². The highest BCUT2D eigenvalue weighted by molar-refractivity contribution is 5.86. The topological polar surface area (TPSA) is 78.8 Å². The van der Waals surface area contributed by atoms with Gasteiger partial charge in [-0.1, -0.05) is 62.7 Å². The van der Waals surface area contributed by atoms with Crippen LogP contribution in [0.25, 0.3) is 0 Å². The number of amides is 1. The van der Waals surface area contributed by atoms with Gasteiger partial charge in [0.25, 0.3) is 5.91 Å². The lowest BCUT2D eigenvalue weighted by Crippen LogP contribution is -2.49. The Balaban J connectivity index is 2.35. The van der Waals surface area contributed by atoms with Gasteiger partial charge in [0.1, 0.15) is 5.75 Å². The second-order valence-corrected chi connectivity index (χ2v) is 8.12. The molecule has 0 heterocycles. The van der Waals surface area contributed by atoms with Gasteiger partial charge in [0.2, 0.25) is 0 Å². The van der Waals surface area contributed by atoms with Gasteiger partial charge in [0, 0.05) is 4.11 Å². The van der Waals surface area contributed by atoms with Crippen molar-refractivity contribution in [2.45, 2.75) is 64.6 Å². The lowest BCUT2D eigenvalue weighted by atomic mass is 9.89. The first-order chi connectivity index (χ1) is 16.0. The highest BCUT2D eigenvalue weighted by Gasteiger charge is 2.37. The third-order valence-electron chi connectivity index (χ3n) is 4.82. The molecule has 5 heteroatoms. The quantitative estimate of drug-likeness (QED) is 0.536. The highest BCUT2D eigenvalue weighted by Crippen LogP contribution is 2.29. The molecule has 0 aromatic heterocycles. The van der Waals surface area contributed by atoms with Crippen LogP contribution in [0.3, 0.4) is 0 Å². The molecular formula is C25H35NO4. The molecule has 1 amide bonds. The Morgan fingerprint density at radius 1 is 1.17 bits per heavy atom. The molecular weight excluding hydrogens is 378 g/mol. The minimum absolute atomic E-state index is 0.0980. The SMILES string of the molecule is [2H]C([2H])(Oc1ccc([C@@H](NC(=O)[C@](O)(c2ccccc2)C([2H])([2H])[2H])C(C)(C)O)cc1)[C@@H](C)CCC. The third kappa shape index (κ3) is 6.31. The van der Waals surface area contributed by atoms with Crippen LogP contribution in [0.4, 0.5) is 0 Å². The van der Waals surface area contributed by atoms with E-state index in [0.717, 1.165) is 6.42 Å². The molecule has 0 spiro atoms. The van der Waals surface area contributed by atoms with Crippen LogP contribution in [0.15, 0.2) is 54.6 Å². The molecule has 0 bridgehead atoms. The van der Waals surface area contributed by atoms with Gasteiger partial charge in [-0.25, -0.2) is 0 Å². The van der Waals surface area contributed by atoms with E-state index in [-0.39, 0.29) is 17.2 Å². The molecule has 0 radical (unpaired) electrons. The van der Waals surface area contributed by atoms with Crippen molar-refractivity contribution < 1.29 is 26.6 Å². The number of ether oxygens (including phenoxy) is 1. The molecule has 2 aromatic rings. The van der Waals surface area contributed by atoms with Crippen molar-refractivity contribution in [1.82, 2.24) is 5.32 Å². The molecule has 0 fully saturated rings. The first kappa shape index (κ1) is 17.3. The molecule has 0 aliphatic carbocycles. The molecule has 0 aliphatic rings. The summed E-state index contributed by atoms with van der Waals surface area (Å²) in [6, 6.07) is 12.4. The van der Waals surface area contributed by atoms with Gasteiger partial charge in [-0.05, 0) is 56.3 Å². The summed E-state index contributed by atoms with van der Waals surface area (Å²) in [6.07, 6.45) is 1.48. The van der Waals surface area contributed by atoms with Crippen molar-refractivity contribution in [1.29, 1.82) is 0 Å². The maximum absolute atomic E-state index is 13.2. The van der Waals surface area contributed by atoms with E-state index < -0.39 is 36.6 Å². The van der Waals surface area contributed by atoms with Gasteiger partial charge in [-0.3, -0.25) is 4.79 Å². The second kappa shape index (κ2) is 10.1. The summed E-state index contributed by atoms with van der Waals surface area (Å²) >= 11 is 0. The summed E-state index contributed by atoms with van der Waals surface area (Å²) in [6.45, 7) is 1.68. The molecule has 5 nitrogen and oxygen atoms in total. The van der Waals surface area contributed by atoms with E-state index in [9.17, 15) is 15.0 Å². The van der Waals surface area contributed by atoms with Crippen LogP contribution >= 0.6 is 0 Å². The molecule has 0 aliphatic heterocycles. The van der Waals surface area contributed by atoms with Crippen molar-refractivity contribution in [2.75, 3.05) is 6.56 Å². The summed E-state index contributed by atoms with van der Waals surface area (Å²) in [7, 11) is 0. The first-order valence-corrected chi connectivity index (χ1v) is 10.1. The third-order valence-corrected chi connectivity index (χ3v) is 4.82. The van der Waals surface area contributed by atoms with Crippen LogP contribution in [0.1, 0.15) is 71.4 Å². The first-order valence-electron chi connectivity index (χ1n) is 12.6. The number of rotatable bonds is 10. The minimum atomic E-state index is -3.08. The molecule has 0 unspecified atom stereocenters. The van der Waals surface area contributed by atoms with Crippen LogP contribution in [0, 0.1) is 5.92 Å². The fourth-order valence-corrected chi connectivity index (χ4v) is 3.10. The van der Waals surface area contributed by atoms with Crippen LogP contribution in [0.5, 0.6) is 5.75 Å². The lowest BCUT2D eigenvalue weighted by Gasteiger charge is -2.33. The van der Waals surface area contributed by atoms with E-state index in [4.69, 9.17) is 11.6 Å². The number of hydrogen-bond acceptors (Lipinski definition) is 4. The molecule has 3 atom stereocenters. The van der Waals surface area contributed by atoms with Crippen molar-refractivity contribution in [3.63, 3.8) is 0 Å². The molecule has 3 N–H and O–H groups in total. The van der Waals surface area contributed by atoms with Crippen LogP contribution in [-0.4, -0.2) is 28.3 Å². The maximum Gasteiger partial charge on any atom is 0.256 e. The Morgan fingerprint density at radius 2 is 1.80 bits per heavy atom. The van der Waals surface area contributed by atoms with Gasteiger partial charge in [-0.2, -0.15) is 0 Å². The van der Waals surface area contributed by atoms with Crippen molar-refractivity contribution in [3.8, 4) is 5.75 Å². The molecule has 0 saturated carbocycles. The van der Waals surface area contributed by atoms with E-state index >= 15 is 0 Å². The van der Waals surface area contributed by atoms with E-state index in [2.05, 4.69) is 5.32 Å². The number of carbonyl (C=O) groups excluding carboxylic acids is 1. The Bertz CT molecular complexity index is 974. The van der Waals surface area contributed by atoms with Gasteiger partial charge in [0.15, 0.2) is 5.60 Å². The number of carbonyl (C=O) groups is 1. The number of nitrogens with one attached hydrogen (secondary N) is 1. The Kier molecular flexibility index (Phi) is 5.83. The smallest absolute Gasteiger partial charge is 0.256 e. The zero-order valence-corrected chi connectivity index (χ0v) is 18.0. The molecule has 2 rings (SSSR count). The largest absolute Gasteiger partial charge is 0.493 e. The van der Waals surface area contributed by atoms with Crippen LogP contribution < -0.4 is 10.1 Å². The number of aliphatic hydroxyl groups is 2. The lowest BCUT2D eigenvalue weighted by molar-refractivity contribution is -0.141. The summed E-state index contributed by atoms with van der Waals surface area (Å²) < 4.78 is 45.4. The molecule has 2 aromatic carbocycles. The summed E-state index contributed by atoms with van der Waals surface area (Å²) in [4.78, 5) is 13.2. The fraction of sp³-hybridized carbons (Fsp3) is 0.480. The van der Waals surface area contributed by atoms with E-state index in [1.54, 1.807) is 25.1 Å². The normalized spacial score (nSPS) is 19.1. The average molecular weight is 419 g/mol. The molecule has 30 heavy (non-hydrogen) atoms. The van der Waals surface area contributed by atoms with Crippen LogP contribution in [-0.2, 0) is 10.4 Å².